The van der Waals surface area contributed by atoms with Crippen molar-refractivity contribution in [3.8, 4) is 5.75 Å². The molecule has 0 bridgehead atoms. The van der Waals surface area contributed by atoms with Crippen LogP contribution in [0.5, 0.6) is 5.75 Å². The number of aryl methyl sites for hydroxylation is 2. The molecular formula is C12H14N4O3. The highest BCUT2D eigenvalue weighted by molar-refractivity contribution is 5.59. The minimum absolute atomic E-state index is 0.0127. The number of phenolic OH excluding ortho intramolecular Hbond substituents is 1. The lowest BCUT2D eigenvalue weighted by atomic mass is 10.2. The fraction of sp³-hybridized carbons (Fsp3) is 0.250. The Labute approximate surface area is 109 Å². The molecule has 7 heteroatoms. The Morgan fingerprint density at radius 1 is 1.42 bits per heavy atom. The predicted octanol–water partition coefficient (Wildman–Crippen LogP) is 1.95. The number of benzene rings is 1. The van der Waals surface area contributed by atoms with Gasteiger partial charge in [0, 0.05) is 13.6 Å². The van der Waals surface area contributed by atoms with Gasteiger partial charge in [-0.25, -0.2) is 4.68 Å². The Morgan fingerprint density at radius 3 is 2.63 bits per heavy atom. The number of aromatic hydroxyl groups is 1. The molecule has 0 atom stereocenters. The summed E-state index contributed by atoms with van der Waals surface area (Å²) in [4.78, 5) is 10.5. The lowest BCUT2D eigenvalue weighted by molar-refractivity contribution is -0.384. The van der Waals surface area contributed by atoms with Crippen LogP contribution in [0.4, 0.5) is 11.5 Å². The third-order valence-corrected chi connectivity index (χ3v) is 2.77. The molecule has 0 aliphatic heterocycles. The first-order valence-electron chi connectivity index (χ1n) is 5.69. The van der Waals surface area contributed by atoms with Crippen LogP contribution in [0.15, 0.2) is 24.3 Å². The summed E-state index contributed by atoms with van der Waals surface area (Å²) in [6.07, 6.45) is 0. The summed E-state index contributed by atoms with van der Waals surface area (Å²) in [5.41, 5.74) is 1.27. The van der Waals surface area contributed by atoms with E-state index in [4.69, 9.17) is 0 Å². The molecule has 0 amide bonds. The first-order valence-corrected chi connectivity index (χ1v) is 5.69. The normalized spacial score (nSPS) is 10.4. The number of nitro groups is 1. The van der Waals surface area contributed by atoms with Gasteiger partial charge < -0.3 is 10.4 Å². The summed E-state index contributed by atoms with van der Waals surface area (Å²) in [6, 6.07) is 6.63. The van der Waals surface area contributed by atoms with Gasteiger partial charge in [-0.15, -0.1) is 0 Å². The van der Waals surface area contributed by atoms with Crippen LogP contribution in [0.2, 0.25) is 0 Å². The van der Waals surface area contributed by atoms with Crippen molar-refractivity contribution in [2.24, 2.45) is 7.05 Å². The molecule has 0 fully saturated rings. The van der Waals surface area contributed by atoms with E-state index in [0.29, 0.717) is 18.1 Å². The number of aromatic nitrogens is 2. The van der Waals surface area contributed by atoms with Gasteiger partial charge in [-0.05, 0) is 24.6 Å². The van der Waals surface area contributed by atoms with Gasteiger partial charge in [0.2, 0.25) is 5.82 Å². The number of hydrogen-bond donors (Lipinski definition) is 2. The zero-order valence-electron chi connectivity index (χ0n) is 10.6. The first kappa shape index (κ1) is 12.9. The van der Waals surface area contributed by atoms with E-state index in [1.165, 1.54) is 4.68 Å². The quantitative estimate of drug-likeness (QED) is 0.649. The predicted molar refractivity (Wildman–Crippen MR) is 70.0 cm³/mol. The second-order valence-corrected chi connectivity index (χ2v) is 4.18. The molecule has 2 rings (SSSR count). The van der Waals surface area contributed by atoms with E-state index in [1.807, 2.05) is 0 Å². The molecule has 1 heterocycles. The maximum Gasteiger partial charge on any atom is 0.333 e. The maximum atomic E-state index is 11.0. The van der Waals surface area contributed by atoms with E-state index in [-0.39, 0.29) is 11.4 Å². The molecule has 0 aliphatic rings. The standard InChI is InChI=1S/C12H14N4O3/c1-8-11(16(18)19)12(15(2)14-8)13-7-9-3-5-10(17)6-4-9/h3-6,13,17H,7H2,1-2H3. The van der Waals surface area contributed by atoms with Crippen LogP contribution in [0.3, 0.4) is 0 Å². The molecular weight excluding hydrogens is 248 g/mol. The summed E-state index contributed by atoms with van der Waals surface area (Å²) in [7, 11) is 1.65. The number of hydrogen-bond acceptors (Lipinski definition) is 5. The van der Waals surface area contributed by atoms with E-state index in [9.17, 15) is 15.2 Å². The van der Waals surface area contributed by atoms with Gasteiger partial charge in [0.05, 0.1) is 4.92 Å². The van der Waals surface area contributed by atoms with Crippen LogP contribution in [0.25, 0.3) is 0 Å². The highest BCUT2D eigenvalue weighted by atomic mass is 16.6. The molecule has 7 nitrogen and oxygen atoms in total. The minimum Gasteiger partial charge on any atom is -0.508 e. The van der Waals surface area contributed by atoms with Crippen molar-refractivity contribution in [3.63, 3.8) is 0 Å². The summed E-state index contributed by atoms with van der Waals surface area (Å²) in [5, 5.41) is 27.2. The monoisotopic (exact) mass is 262 g/mol. The van der Waals surface area contributed by atoms with E-state index in [1.54, 1.807) is 38.2 Å². The molecule has 0 saturated carbocycles. The van der Waals surface area contributed by atoms with Crippen LogP contribution in [-0.4, -0.2) is 19.8 Å². The Hall–Kier alpha value is -2.57. The third-order valence-electron chi connectivity index (χ3n) is 2.77. The van der Waals surface area contributed by atoms with Crippen molar-refractivity contribution >= 4 is 11.5 Å². The maximum absolute atomic E-state index is 11.0. The van der Waals surface area contributed by atoms with Gasteiger partial charge in [0.25, 0.3) is 0 Å². The number of phenols is 1. The van der Waals surface area contributed by atoms with E-state index >= 15 is 0 Å². The Bertz CT molecular complexity index is 604. The van der Waals surface area contributed by atoms with Crippen molar-refractivity contribution in [3.05, 3.63) is 45.6 Å². The summed E-state index contributed by atoms with van der Waals surface area (Å²) < 4.78 is 1.45. The molecule has 2 aromatic rings. The second kappa shape index (κ2) is 4.97. The number of anilines is 1. The zero-order valence-corrected chi connectivity index (χ0v) is 10.6. The average molecular weight is 262 g/mol. The summed E-state index contributed by atoms with van der Waals surface area (Å²) >= 11 is 0. The zero-order chi connectivity index (χ0) is 14.0. The van der Waals surface area contributed by atoms with Crippen molar-refractivity contribution in [2.45, 2.75) is 13.5 Å². The van der Waals surface area contributed by atoms with Gasteiger partial charge >= 0.3 is 5.69 Å². The van der Waals surface area contributed by atoms with Crippen molar-refractivity contribution in [2.75, 3.05) is 5.32 Å². The smallest absolute Gasteiger partial charge is 0.333 e. The number of nitrogens with zero attached hydrogens (tertiary/aromatic N) is 3. The van der Waals surface area contributed by atoms with Crippen molar-refractivity contribution < 1.29 is 10.0 Å². The molecule has 1 aromatic heterocycles. The largest absolute Gasteiger partial charge is 0.508 e. The highest BCUT2D eigenvalue weighted by Gasteiger charge is 2.23. The van der Waals surface area contributed by atoms with Gasteiger partial charge in [-0.2, -0.15) is 5.10 Å². The molecule has 0 radical (unpaired) electrons. The lowest BCUT2D eigenvalue weighted by Crippen LogP contribution is -2.06. The molecule has 1 aromatic carbocycles. The van der Waals surface area contributed by atoms with Crippen LogP contribution >= 0.6 is 0 Å². The molecule has 0 spiro atoms. The van der Waals surface area contributed by atoms with Crippen LogP contribution in [0, 0.1) is 17.0 Å². The fourth-order valence-corrected chi connectivity index (χ4v) is 1.86. The molecule has 19 heavy (non-hydrogen) atoms. The lowest BCUT2D eigenvalue weighted by Gasteiger charge is -2.06. The fourth-order valence-electron chi connectivity index (χ4n) is 1.86. The average Bonchev–Trinajstić information content (AvgIpc) is 2.63. The number of rotatable bonds is 4. The van der Waals surface area contributed by atoms with Crippen LogP contribution in [-0.2, 0) is 13.6 Å². The first-order chi connectivity index (χ1) is 8.99. The summed E-state index contributed by atoms with van der Waals surface area (Å²) in [6.45, 7) is 2.02. The van der Waals surface area contributed by atoms with E-state index < -0.39 is 4.92 Å². The van der Waals surface area contributed by atoms with Gasteiger partial charge in [0.1, 0.15) is 11.4 Å². The van der Waals surface area contributed by atoms with E-state index in [2.05, 4.69) is 10.4 Å². The third kappa shape index (κ3) is 2.65. The number of nitrogens with one attached hydrogen (secondary N) is 1. The van der Waals surface area contributed by atoms with Crippen LogP contribution < -0.4 is 5.32 Å². The highest BCUT2D eigenvalue weighted by Crippen LogP contribution is 2.27. The summed E-state index contributed by atoms with van der Waals surface area (Å²) in [5.74, 6) is 0.557. The van der Waals surface area contributed by atoms with E-state index in [0.717, 1.165) is 5.56 Å². The second-order valence-electron chi connectivity index (χ2n) is 4.18. The molecule has 2 N–H and O–H groups in total. The SMILES string of the molecule is Cc1nn(C)c(NCc2ccc(O)cc2)c1[N+](=O)[O-]. The molecule has 100 valence electrons. The van der Waals surface area contributed by atoms with Crippen LogP contribution in [0.1, 0.15) is 11.3 Å². The molecule has 0 saturated heterocycles. The van der Waals surface area contributed by atoms with Gasteiger partial charge in [-0.1, -0.05) is 12.1 Å². The Morgan fingerprint density at radius 2 is 2.05 bits per heavy atom. The minimum atomic E-state index is -0.443. The Balaban J connectivity index is 2.20. The molecule has 0 aliphatic carbocycles. The van der Waals surface area contributed by atoms with Gasteiger partial charge in [-0.3, -0.25) is 10.1 Å². The van der Waals surface area contributed by atoms with Gasteiger partial charge in [0.15, 0.2) is 0 Å². The van der Waals surface area contributed by atoms with Crippen molar-refractivity contribution in [1.82, 2.24) is 9.78 Å². The topological polar surface area (TPSA) is 93.2 Å². The molecule has 0 unspecified atom stereocenters. The Kier molecular flexibility index (Phi) is 3.37. The van der Waals surface area contributed by atoms with Crippen molar-refractivity contribution in [1.29, 1.82) is 0 Å².